The monoisotopic (exact) mass is 489 g/mol. The predicted octanol–water partition coefficient (Wildman–Crippen LogP) is 3.63. The Labute approximate surface area is 185 Å². The number of amides is 1. The van der Waals surface area contributed by atoms with Crippen LogP contribution in [0.1, 0.15) is 32.4 Å². The molecule has 0 bridgehead atoms. The number of halogens is 4. The van der Waals surface area contributed by atoms with Gasteiger partial charge in [0.1, 0.15) is 34.2 Å². The Kier molecular flexibility index (Phi) is 6.35. The van der Waals surface area contributed by atoms with Gasteiger partial charge in [-0.05, 0) is 44.5 Å². The van der Waals surface area contributed by atoms with Gasteiger partial charge in [0.2, 0.25) is 10.0 Å². The predicted molar refractivity (Wildman–Crippen MR) is 109 cm³/mol. The first kappa shape index (κ1) is 24.4. The van der Waals surface area contributed by atoms with Crippen LogP contribution in [0.4, 0.5) is 22.4 Å². The number of aromatic nitrogens is 3. The molecule has 9 nitrogen and oxygen atoms in total. The molecule has 178 valence electrons. The first-order chi connectivity index (χ1) is 15.2. The fourth-order valence-corrected chi connectivity index (χ4v) is 3.89. The van der Waals surface area contributed by atoms with E-state index >= 15 is 0 Å². The highest BCUT2D eigenvalue weighted by Gasteiger charge is 2.43. The summed E-state index contributed by atoms with van der Waals surface area (Å²) in [5, 5.41) is 0. The number of pyridine rings is 1. The van der Waals surface area contributed by atoms with E-state index in [-0.39, 0.29) is 11.2 Å². The highest BCUT2D eigenvalue weighted by atomic mass is 32.2. The molecule has 0 fully saturated rings. The Morgan fingerprint density at radius 2 is 1.76 bits per heavy atom. The number of carbonyl (C=O) groups excluding carboxylic acids is 1. The van der Waals surface area contributed by atoms with Crippen LogP contribution >= 0.6 is 0 Å². The van der Waals surface area contributed by atoms with E-state index in [0.29, 0.717) is 0 Å². The number of benzene rings is 1. The minimum atomic E-state index is -5.00. The van der Waals surface area contributed by atoms with Gasteiger partial charge < -0.3 is 4.74 Å². The minimum absolute atomic E-state index is 0.0146. The number of carbonyl (C=O) groups is 1. The topological polar surface area (TPSA) is 115 Å². The number of nitrogens with one attached hydrogen (secondary N) is 2. The minimum Gasteiger partial charge on any atom is -0.443 e. The van der Waals surface area contributed by atoms with Crippen LogP contribution in [-0.2, 0) is 14.8 Å². The zero-order valence-electron chi connectivity index (χ0n) is 17.5. The molecule has 1 aromatic carbocycles. The van der Waals surface area contributed by atoms with Gasteiger partial charge in [-0.1, -0.05) is 12.1 Å². The normalized spacial score (nSPS) is 13.7. The molecule has 3 aromatic rings. The smallest absolute Gasteiger partial charge is 0.427 e. The molecule has 2 N–H and O–H groups in total. The average molecular weight is 489 g/mol. The first-order valence-corrected chi connectivity index (χ1v) is 10.8. The molecule has 0 aliphatic rings. The Morgan fingerprint density at radius 3 is 2.33 bits per heavy atom. The van der Waals surface area contributed by atoms with Crippen LogP contribution in [0.5, 0.6) is 0 Å². The van der Waals surface area contributed by atoms with Gasteiger partial charge in [0.15, 0.2) is 5.65 Å². The molecule has 0 saturated carbocycles. The van der Waals surface area contributed by atoms with E-state index in [1.807, 2.05) is 0 Å². The summed E-state index contributed by atoms with van der Waals surface area (Å²) in [6.45, 7) is 4.96. The lowest BCUT2D eigenvalue weighted by atomic mass is 10.1. The molecule has 0 unspecified atom stereocenters. The Morgan fingerprint density at radius 1 is 1.12 bits per heavy atom. The molecule has 0 saturated heterocycles. The van der Waals surface area contributed by atoms with Crippen molar-refractivity contribution in [1.82, 2.24) is 19.4 Å². The summed E-state index contributed by atoms with van der Waals surface area (Å²) in [4.78, 5) is 19.1. The van der Waals surface area contributed by atoms with Crippen LogP contribution in [0.2, 0.25) is 0 Å². The standard InChI is InChI=1S/C19H19F4N5O4S/c1-18(2,3)32-17(29)26-28-10-25-14-8-13(9-24-16(14)28)33(30,31)27-15(19(21,22)23)11-4-6-12(20)7-5-11/h4-10,15,27H,1-3H3,(H,26,29)/t15-/m1/s1. The summed E-state index contributed by atoms with van der Waals surface area (Å²) in [5.41, 5.74) is 1.09. The maximum absolute atomic E-state index is 13.5. The molecule has 0 aliphatic heterocycles. The van der Waals surface area contributed by atoms with Crippen LogP contribution < -0.4 is 10.1 Å². The first-order valence-electron chi connectivity index (χ1n) is 9.33. The van der Waals surface area contributed by atoms with Crippen molar-refractivity contribution in [2.45, 2.75) is 43.5 Å². The average Bonchev–Trinajstić information content (AvgIpc) is 3.07. The third-order valence-corrected chi connectivity index (χ3v) is 5.48. The third-order valence-electron chi connectivity index (χ3n) is 4.09. The van der Waals surface area contributed by atoms with Crippen LogP contribution in [0, 0.1) is 5.82 Å². The molecule has 1 amide bonds. The van der Waals surface area contributed by atoms with Crippen molar-refractivity contribution < 1.29 is 35.5 Å². The fourth-order valence-electron chi connectivity index (χ4n) is 2.71. The summed E-state index contributed by atoms with van der Waals surface area (Å²) in [6.07, 6.45) is -3.88. The number of nitrogens with zero attached hydrogens (tertiary/aromatic N) is 3. The maximum Gasteiger partial charge on any atom is 0.427 e. The largest absolute Gasteiger partial charge is 0.443 e. The molecule has 0 radical (unpaired) electrons. The van der Waals surface area contributed by atoms with Gasteiger partial charge in [0.25, 0.3) is 0 Å². The molecule has 2 aromatic heterocycles. The van der Waals surface area contributed by atoms with Crippen molar-refractivity contribution in [2.75, 3.05) is 5.43 Å². The molecule has 1 atom stereocenters. The summed E-state index contributed by atoms with van der Waals surface area (Å²) in [7, 11) is -4.72. The van der Waals surface area contributed by atoms with Crippen molar-refractivity contribution in [3.05, 3.63) is 54.2 Å². The number of hydrogen-bond donors (Lipinski definition) is 2. The van der Waals surface area contributed by atoms with E-state index in [0.717, 1.165) is 47.5 Å². The van der Waals surface area contributed by atoms with Crippen molar-refractivity contribution in [3.8, 4) is 0 Å². The second-order valence-electron chi connectivity index (χ2n) is 7.89. The number of imidazole rings is 1. The van der Waals surface area contributed by atoms with E-state index in [1.54, 1.807) is 25.5 Å². The van der Waals surface area contributed by atoms with Crippen molar-refractivity contribution in [1.29, 1.82) is 0 Å². The number of sulfonamides is 1. The SMILES string of the molecule is CC(C)(C)OC(=O)Nn1cnc2cc(S(=O)(=O)N[C@H](c3ccc(F)cc3)C(F)(F)F)cnc21. The van der Waals surface area contributed by atoms with Crippen LogP contribution in [-0.4, -0.2) is 40.9 Å². The Bertz CT molecular complexity index is 1270. The Balaban J connectivity index is 1.88. The number of hydrogen-bond acceptors (Lipinski definition) is 6. The van der Waals surface area contributed by atoms with Gasteiger partial charge in [-0.2, -0.15) is 17.9 Å². The van der Waals surface area contributed by atoms with E-state index in [2.05, 4.69) is 15.4 Å². The van der Waals surface area contributed by atoms with Crippen LogP contribution in [0.25, 0.3) is 11.2 Å². The number of fused-ring (bicyclic) bond motifs is 1. The highest BCUT2D eigenvalue weighted by molar-refractivity contribution is 7.89. The third kappa shape index (κ3) is 5.96. The van der Waals surface area contributed by atoms with Crippen LogP contribution in [0.15, 0.2) is 47.8 Å². The zero-order chi connectivity index (χ0) is 24.6. The second-order valence-corrected chi connectivity index (χ2v) is 9.60. The van der Waals surface area contributed by atoms with E-state index in [9.17, 15) is 30.8 Å². The molecule has 14 heteroatoms. The summed E-state index contributed by atoms with van der Waals surface area (Å²) >= 11 is 0. The second kappa shape index (κ2) is 8.59. The van der Waals surface area contributed by atoms with Crippen molar-refractivity contribution >= 4 is 27.3 Å². The lowest BCUT2D eigenvalue weighted by molar-refractivity contribution is -0.153. The van der Waals surface area contributed by atoms with Gasteiger partial charge in [-0.25, -0.2) is 37.7 Å². The summed E-state index contributed by atoms with van der Waals surface area (Å²) in [5.74, 6) is -0.771. The van der Waals surface area contributed by atoms with E-state index in [4.69, 9.17) is 4.74 Å². The number of rotatable bonds is 5. The van der Waals surface area contributed by atoms with Gasteiger partial charge in [0, 0.05) is 6.20 Å². The van der Waals surface area contributed by atoms with Crippen molar-refractivity contribution in [2.24, 2.45) is 0 Å². The van der Waals surface area contributed by atoms with Crippen molar-refractivity contribution in [3.63, 3.8) is 0 Å². The Hall–Kier alpha value is -3.26. The number of alkyl halides is 3. The molecule has 2 heterocycles. The summed E-state index contributed by atoms with van der Waals surface area (Å²) in [6, 6.07) is 1.63. The lowest BCUT2D eigenvalue weighted by Gasteiger charge is -2.22. The molecule has 33 heavy (non-hydrogen) atoms. The van der Waals surface area contributed by atoms with Gasteiger partial charge in [-0.15, -0.1) is 0 Å². The maximum atomic E-state index is 13.5. The quantitative estimate of drug-likeness (QED) is 0.529. The summed E-state index contributed by atoms with van der Waals surface area (Å²) < 4.78 is 86.8. The molecule has 0 spiro atoms. The van der Waals surface area contributed by atoms with Gasteiger partial charge in [-0.3, -0.25) is 0 Å². The molecular weight excluding hydrogens is 470 g/mol. The molecular formula is C19H19F4N5O4S. The highest BCUT2D eigenvalue weighted by Crippen LogP contribution is 2.34. The van der Waals surface area contributed by atoms with Crippen LogP contribution in [0.3, 0.4) is 0 Å². The van der Waals surface area contributed by atoms with Gasteiger partial charge >= 0.3 is 12.3 Å². The lowest BCUT2D eigenvalue weighted by Crippen LogP contribution is -2.38. The zero-order valence-corrected chi connectivity index (χ0v) is 18.3. The molecule has 3 rings (SSSR count). The van der Waals surface area contributed by atoms with Gasteiger partial charge in [0.05, 0.1) is 0 Å². The van der Waals surface area contributed by atoms with E-state index in [1.165, 1.54) is 0 Å². The number of ether oxygens (including phenoxy) is 1. The fraction of sp³-hybridized carbons (Fsp3) is 0.316. The van der Waals surface area contributed by atoms with E-state index < -0.39 is 50.2 Å². The molecule has 0 aliphatic carbocycles.